The van der Waals surface area contributed by atoms with Crippen LogP contribution in [-0.4, -0.2) is 15.4 Å². The number of fused-ring (bicyclic) bond motifs is 1. The lowest BCUT2D eigenvalue weighted by Crippen LogP contribution is -2.17. The van der Waals surface area contributed by atoms with Crippen LogP contribution in [0.5, 0.6) is 0 Å². The molecule has 0 radical (unpaired) electrons. The van der Waals surface area contributed by atoms with Gasteiger partial charge in [-0.25, -0.2) is 4.98 Å². The van der Waals surface area contributed by atoms with E-state index in [4.69, 9.17) is 5.73 Å². The highest BCUT2D eigenvalue weighted by atomic mass is 79.9. The van der Waals surface area contributed by atoms with E-state index in [2.05, 4.69) is 43.6 Å². The van der Waals surface area contributed by atoms with E-state index in [-0.39, 0.29) is 6.04 Å². The fraction of sp³-hybridized carbons (Fsp3) is 0.364. The number of nitrogens with zero attached hydrogens (tertiary/aromatic N) is 2. The lowest BCUT2D eigenvalue weighted by atomic mass is 10.1. The van der Waals surface area contributed by atoms with Gasteiger partial charge in [-0.1, -0.05) is 6.07 Å². The minimum Gasteiger partial charge on any atom is -0.328 e. The van der Waals surface area contributed by atoms with Crippen molar-refractivity contribution in [1.82, 2.24) is 9.38 Å². The van der Waals surface area contributed by atoms with Crippen molar-refractivity contribution in [3.05, 3.63) is 34.3 Å². The van der Waals surface area contributed by atoms with Gasteiger partial charge in [0.15, 0.2) is 0 Å². The third kappa shape index (κ3) is 2.06. The molecule has 0 amide bonds. The molecule has 0 aliphatic rings. The fourth-order valence-corrected chi connectivity index (χ4v) is 2.31. The van der Waals surface area contributed by atoms with Gasteiger partial charge in [0.2, 0.25) is 0 Å². The summed E-state index contributed by atoms with van der Waals surface area (Å²) in [5.41, 5.74) is 8.12. The van der Waals surface area contributed by atoms with Crippen LogP contribution in [0.15, 0.2) is 22.9 Å². The predicted octanol–water partition coefficient (Wildman–Crippen LogP) is 2.29. The van der Waals surface area contributed by atoms with Crippen LogP contribution < -0.4 is 5.73 Å². The van der Waals surface area contributed by atoms with Gasteiger partial charge < -0.3 is 10.1 Å². The van der Waals surface area contributed by atoms with E-state index < -0.39 is 0 Å². The zero-order valence-corrected chi connectivity index (χ0v) is 10.5. The van der Waals surface area contributed by atoms with Crippen molar-refractivity contribution in [2.24, 2.45) is 5.73 Å². The zero-order chi connectivity index (χ0) is 11.0. The molecular weight excluding hydrogens is 254 g/mol. The monoisotopic (exact) mass is 267 g/mol. The second-order valence-electron chi connectivity index (χ2n) is 3.92. The van der Waals surface area contributed by atoms with Gasteiger partial charge in [0.25, 0.3) is 0 Å². The van der Waals surface area contributed by atoms with Crippen LogP contribution >= 0.6 is 15.9 Å². The molecule has 0 aliphatic heterocycles. The highest BCUT2D eigenvalue weighted by Crippen LogP contribution is 2.19. The molecule has 2 N–H and O–H groups in total. The predicted molar refractivity (Wildman–Crippen MR) is 65.0 cm³/mol. The van der Waals surface area contributed by atoms with Gasteiger partial charge in [-0.2, -0.15) is 0 Å². The molecule has 0 aliphatic carbocycles. The third-order valence-corrected chi connectivity index (χ3v) is 2.97. The van der Waals surface area contributed by atoms with Gasteiger partial charge in [0, 0.05) is 12.2 Å². The van der Waals surface area contributed by atoms with Crippen LogP contribution in [0.4, 0.5) is 0 Å². The van der Waals surface area contributed by atoms with Crippen LogP contribution in [0, 0.1) is 6.92 Å². The van der Waals surface area contributed by atoms with E-state index in [9.17, 15) is 0 Å². The molecule has 2 aromatic rings. The van der Waals surface area contributed by atoms with Crippen LogP contribution in [0.25, 0.3) is 5.52 Å². The molecule has 2 heterocycles. The van der Waals surface area contributed by atoms with Gasteiger partial charge in [-0.3, -0.25) is 0 Å². The van der Waals surface area contributed by atoms with Crippen molar-refractivity contribution in [2.45, 2.75) is 26.3 Å². The number of hydrogen-bond acceptors (Lipinski definition) is 2. The highest BCUT2D eigenvalue weighted by molar-refractivity contribution is 9.10. The molecule has 0 saturated carbocycles. The second kappa shape index (κ2) is 3.94. The quantitative estimate of drug-likeness (QED) is 0.908. The maximum atomic E-state index is 5.78. The van der Waals surface area contributed by atoms with Crippen molar-refractivity contribution in [3.8, 4) is 0 Å². The Hall–Kier alpha value is -0.870. The average molecular weight is 268 g/mol. The lowest BCUT2D eigenvalue weighted by molar-refractivity contribution is 0.734. The molecule has 2 aromatic heterocycles. The molecule has 0 fully saturated rings. The maximum Gasteiger partial charge on any atom is 0.132 e. The normalized spacial score (nSPS) is 13.3. The van der Waals surface area contributed by atoms with Crippen LogP contribution in [-0.2, 0) is 6.42 Å². The Morgan fingerprint density at radius 2 is 2.27 bits per heavy atom. The number of aryl methyl sites for hydroxylation is 1. The number of imidazole rings is 1. The van der Waals surface area contributed by atoms with E-state index in [1.54, 1.807) is 0 Å². The van der Waals surface area contributed by atoms with E-state index in [0.29, 0.717) is 0 Å². The second-order valence-corrected chi connectivity index (χ2v) is 4.67. The van der Waals surface area contributed by atoms with Crippen LogP contribution in [0.1, 0.15) is 18.3 Å². The minimum absolute atomic E-state index is 0.190. The molecule has 15 heavy (non-hydrogen) atoms. The fourth-order valence-electron chi connectivity index (χ4n) is 1.73. The van der Waals surface area contributed by atoms with Gasteiger partial charge in [-0.05, 0) is 47.8 Å². The minimum atomic E-state index is 0.190. The summed E-state index contributed by atoms with van der Waals surface area (Å²) < 4.78 is 2.98. The van der Waals surface area contributed by atoms with Crippen molar-refractivity contribution in [3.63, 3.8) is 0 Å². The van der Waals surface area contributed by atoms with E-state index in [1.165, 1.54) is 5.56 Å². The van der Waals surface area contributed by atoms with E-state index in [1.807, 2.05) is 13.8 Å². The largest absolute Gasteiger partial charge is 0.328 e. The first-order valence-electron chi connectivity index (χ1n) is 4.96. The SMILES string of the molecule is Cc1nc(Br)c2ccc(CC(C)N)cn12. The summed E-state index contributed by atoms with van der Waals surface area (Å²) in [5, 5.41) is 0. The molecule has 2 rings (SSSR count). The Labute approximate surface area is 97.4 Å². The van der Waals surface area contributed by atoms with Gasteiger partial charge in [0.1, 0.15) is 10.4 Å². The van der Waals surface area contributed by atoms with Crippen molar-refractivity contribution in [2.75, 3.05) is 0 Å². The third-order valence-electron chi connectivity index (χ3n) is 2.39. The molecule has 0 bridgehead atoms. The molecule has 1 atom stereocenters. The molecule has 4 heteroatoms. The number of rotatable bonds is 2. The van der Waals surface area contributed by atoms with Crippen molar-refractivity contribution >= 4 is 21.4 Å². The Bertz CT molecular complexity index is 488. The first kappa shape index (κ1) is 10.6. The van der Waals surface area contributed by atoms with Crippen LogP contribution in [0.2, 0.25) is 0 Å². The molecule has 0 aromatic carbocycles. The zero-order valence-electron chi connectivity index (χ0n) is 8.87. The molecular formula is C11H14BrN3. The average Bonchev–Trinajstić information content (AvgIpc) is 2.41. The lowest BCUT2D eigenvalue weighted by Gasteiger charge is -2.06. The number of pyridine rings is 1. The summed E-state index contributed by atoms with van der Waals surface area (Å²) in [6.45, 7) is 4.01. The van der Waals surface area contributed by atoms with E-state index >= 15 is 0 Å². The molecule has 80 valence electrons. The molecule has 0 saturated heterocycles. The summed E-state index contributed by atoms with van der Waals surface area (Å²) in [6.07, 6.45) is 3.00. The van der Waals surface area contributed by atoms with Crippen molar-refractivity contribution in [1.29, 1.82) is 0 Å². The van der Waals surface area contributed by atoms with E-state index in [0.717, 1.165) is 22.4 Å². The summed E-state index contributed by atoms with van der Waals surface area (Å²) in [4.78, 5) is 4.36. The molecule has 3 nitrogen and oxygen atoms in total. The topological polar surface area (TPSA) is 43.3 Å². The standard InChI is InChI=1S/C11H14BrN3/c1-7(13)5-9-3-4-10-11(12)14-8(2)15(10)6-9/h3-4,6-7H,5,13H2,1-2H3. The number of hydrogen-bond donors (Lipinski definition) is 1. The number of nitrogens with two attached hydrogens (primary N) is 1. The number of halogens is 1. The molecule has 1 unspecified atom stereocenters. The Kier molecular flexibility index (Phi) is 2.80. The summed E-state index contributed by atoms with van der Waals surface area (Å²) in [6, 6.07) is 4.36. The highest BCUT2D eigenvalue weighted by Gasteiger charge is 2.06. The number of aromatic nitrogens is 2. The van der Waals surface area contributed by atoms with Gasteiger partial charge in [-0.15, -0.1) is 0 Å². The Balaban J connectivity index is 2.50. The Morgan fingerprint density at radius 3 is 2.93 bits per heavy atom. The van der Waals surface area contributed by atoms with Gasteiger partial charge in [0.05, 0.1) is 5.52 Å². The van der Waals surface area contributed by atoms with Crippen LogP contribution in [0.3, 0.4) is 0 Å². The summed E-state index contributed by atoms with van der Waals surface area (Å²) in [5.74, 6) is 0.989. The molecule has 0 spiro atoms. The van der Waals surface area contributed by atoms with Gasteiger partial charge >= 0.3 is 0 Å². The first-order valence-corrected chi connectivity index (χ1v) is 5.76. The summed E-state index contributed by atoms with van der Waals surface area (Å²) in [7, 11) is 0. The smallest absolute Gasteiger partial charge is 0.132 e. The first-order chi connectivity index (χ1) is 7.08. The Morgan fingerprint density at radius 1 is 1.53 bits per heavy atom. The summed E-state index contributed by atoms with van der Waals surface area (Å²) >= 11 is 3.44. The maximum absolute atomic E-state index is 5.78. The van der Waals surface area contributed by atoms with Crippen molar-refractivity contribution < 1.29 is 0 Å².